The van der Waals surface area contributed by atoms with Gasteiger partial charge in [0.25, 0.3) is 0 Å². The fourth-order valence-corrected chi connectivity index (χ4v) is 3.18. The first kappa shape index (κ1) is 11.4. The van der Waals surface area contributed by atoms with Gasteiger partial charge in [0.15, 0.2) is 0 Å². The molecule has 0 spiro atoms. The fourth-order valence-electron chi connectivity index (χ4n) is 3.18. The van der Waals surface area contributed by atoms with Crippen molar-refractivity contribution in [2.45, 2.75) is 5.92 Å². The van der Waals surface area contributed by atoms with Crippen LogP contribution in [0.15, 0.2) is 72.8 Å². The van der Waals surface area contributed by atoms with Gasteiger partial charge in [-0.25, -0.2) is 4.39 Å². The maximum Gasteiger partial charge on any atom is 0.123 e. The highest BCUT2D eigenvalue weighted by molar-refractivity contribution is 5.80. The third kappa shape index (κ3) is 1.60. The summed E-state index contributed by atoms with van der Waals surface area (Å²) in [7, 11) is 0. The minimum atomic E-state index is -0.169. The van der Waals surface area contributed by atoms with E-state index >= 15 is 0 Å². The Hall–Kier alpha value is -2.41. The summed E-state index contributed by atoms with van der Waals surface area (Å²) in [6.45, 7) is 0. The molecule has 0 saturated heterocycles. The second-order valence-corrected chi connectivity index (χ2v) is 5.16. The van der Waals surface area contributed by atoms with Crippen LogP contribution < -0.4 is 0 Å². The molecular weight excluding hydrogens is 247 g/mol. The van der Waals surface area contributed by atoms with Gasteiger partial charge in [-0.1, -0.05) is 60.7 Å². The van der Waals surface area contributed by atoms with E-state index in [9.17, 15) is 4.39 Å². The van der Waals surface area contributed by atoms with Gasteiger partial charge in [0.05, 0.1) is 0 Å². The Kier molecular flexibility index (Phi) is 2.46. The van der Waals surface area contributed by atoms with Crippen molar-refractivity contribution in [1.82, 2.24) is 0 Å². The van der Waals surface area contributed by atoms with E-state index in [0.29, 0.717) is 0 Å². The molecule has 0 amide bonds. The Morgan fingerprint density at radius 1 is 0.650 bits per heavy atom. The molecule has 1 heteroatoms. The zero-order valence-electron chi connectivity index (χ0n) is 10.9. The summed E-state index contributed by atoms with van der Waals surface area (Å²) in [6, 6.07) is 23.8. The fraction of sp³-hybridized carbons (Fsp3) is 0.0526. The normalized spacial score (nSPS) is 15.8. The summed E-state index contributed by atoms with van der Waals surface area (Å²) in [6.07, 6.45) is 0. The average molecular weight is 260 g/mol. The molecular formula is C19H13F. The summed E-state index contributed by atoms with van der Waals surface area (Å²) in [5.41, 5.74) is 5.91. The zero-order valence-corrected chi connectivity index (χ0v) is 10.9. The zero-order chi connectivity index (χ0) is 13.5. The van der Waals surface area contributed by atoms with E-state index in [4.69, 9.17) is 0 Å². The lowest BCUT2D eigenvalue weighted by Gasteiger charge is -2.14. The lowest BCUT2D eigenvalue weighted by Crippen LogP contribution is -1.99. The third-order valence-electron chi connectivity index (χ3n) is 4.02. The standard InChI is InChI=1S/C19H13F/c20-14-10-11-16-15-8-4-5-9-17(15)19(18(16)12-14)13-6-2-1-3-7-13/h1-12,19H/t19-/m0/s1. The Labute approximate surface area is 117 Å². The Morgan fingerprint density at radius 3 is 2.20 bits per heavy atom. The molecule has 1 aliphatic carbocycles. The predicted octanol–water partition coefficient (Wildman–Crippen LogP) is 4.99. The van der Waals surface area contributed by atoms with Crippen LogP contribution in [-0.4, -0.2) is 0 Å². The molecule has 0 bridgehead atoms. The molecule has 0 heterocycles. The van der Waals surface area contributed by atoms with Gasteiger partial charge in [0.1, 0.15) is 5.82 Å². The maximum absolute atomic E-state index is 13.7. The van der Waals surface area contributed by atoms with E-state index < -0.39 is 0 Å². The van der Waals surface area contributed by atoms with Crippen LogP contribution in [0.5, 0.6) is 0 Å². The van der Waals surface area contributed by atoms with E-state index in [-0.39, 0.29) is 11.7 Å². The van der Waals surface area contributed by atoms with Crippen molar-refractivity contribution in [1.29, 1.82) is 0 Å². The molecule has 3 aromatic carbocycles. The Balaban J connectivity index is 2.02. The van der Waals surface area contributed by atoms with Gasteiger partial charge in [-0.15, -0.1) is 0 Å². The van der Waals surface area contributed by atoms with Crippen molar-refractivity contribution < 1.29 is 4.39 Å². The topological polar surface area (TPSA) is 0 Å². The highest BCUT2D eigenvalue weighted by Crippen LogP contribution is 2.47. The van der Waals surface area contributed by atoms with Crippen molar-refractivity contribution in [3.63, 3.8) is 0 Å². The monoisotopic (exact) mass is 260 g/mol. The first-order valence-corrected chi connectivity index (χ1v) is 6.78. The first-order chi connectivity index (χ1) is 9.84. The largest absolute Gasteiger partial charge is 0.207 e. The van der Waals surface area contributed by atoms with Crippen LogP contribution in [0.3, 0.4) is 0 Å². The molecule has 3 aromatic rings. The van der Waals surface area contributed by atoms with Crippen molar-refractivity contribution in [2.24, 2.45) is 0 Å². The van der Waals surface area contributed by atoms with Crippen molar-refractivity contribution in [3.05, 3.63) is 95.3 Å². The smallest absolute Gasteiger partial charge is 0.123 e. The van der Waals surface area contributed by atoms with Crippen LogP contribution in [0.4, 0.5) is 4.39 Å². The number of rotatable bonds is 1. The minimum Gasteiger partial charge on any atom is -0.207 e. The van der Waals surface area contributed by atoms with Crippen LogP contribution >= 0.6 is 0 Å². The predicted molar refractivity (Wildman–Crippen MR) is 79.2 cm³/mol. The lowest BCUT2D eigenvalue weighted by molar-refractivity contribution is 0.625. The van der Waals surface area contributed by atoms with Gasteiger partial charge in [0.2, 0.25) is 0 Å². The number of benzene rings is 3. The van der Waals surface area contributed by atoms with Crippen LogP contribution in [0.25, 0.3) is 11.1 Å². The first-order valence-electron chi connectivity index (χ1n) is 6.78. The quantitative estimate of drug-likeness (QED) is 0.452. The molecule has 0 nitrogen and oxygen atoms in total. The molecule has 96 valence electrons. The van der Waals surface area contributed by atoms with Gasteiger partial charge >= 0.3 is 0 Å². The van der Waals surface area contributed by atoms with Gasteiger partial charge < -0.3 is 0 Å². The minimum absolute atomic E-state index is 0.137. The van der Waals surface area contributed by atoms with Gasteiger partial charge in [-0.2, -0.15) is 0 Å². The molecule has 0 N–H and O–H groups in total. The number of halogens is 1. The van der Waals surface area contributed by atoms with E-state index in [1.807, 2.05) is 30.3 Å². The summed E-state index contributed by atoms with van der Waals surface area (Å²) in [4.78, 5) is 0. The molecule has 1 aliphatic rings. The summed E-state index contributed by atoms with van der Waals surface area (Å²) >= 11 is 0. The third-order valence-corrected chi connectivity index (χ3v) is 4.02. The second kappa shape index (κ2) is 4.31. The number of fused-ring (bicyclic) bond motifs is 3. The summed E-state index contributed by atoms with van der Waals surface area (Å²) < 4.78 is 13.7. The summed E-state index contributed by atoms with van der Waals surface area (Å²) in [5.74, 6) is -0.0319. The van der Waals surface area contributed by atoms with Crippen LogP contribution in [-0.2, 0) is 0 Å². The van der Waals surface area contributed by atoms with E-state index in [0.717, 1.165) is 11.1 Å². The van der Waals surface area contributed by atoms with E-state index in [1.54, 1.807) is 12.1 Å². The molecule has 0 aromatic heterocycles. The summed E-state index contributed by atoms with van der Waals surface area (Å²) in [5, 5.41) is 0. The van der Waals surface area contributed by atoms with Crippen molar-refractivity contribution in [2.75, 3.05) is 0 Å². The molecule has 4 rings (SSSR count). The Morgan fingerprint density at radius 2 is 1.35 bits per heavy atom. The second-order valence-electron chi connectivity index (χ2n) is 5.16. The number of hydrogen-bond donors (Lipinski definition) is 0. The Bertz CT molecular complexity index is 775. The molecule has 0 radical (unpaired) electrons. The van der Waals surface area contributed by atoms with Crippen molar-refractivity contribution in [3.8, 4) is 11.1 Å². The SMILES string of the molecule is Fc1ccc2c(c1)[C@@H](c1ccccc1)c1ccccc1-2. The molecule has 0 saturated carbocycles. The molecule has 0 aliphatic heterocycles. The van der Waals surface area contributed by atoms with Gasteiger partial charge in [-0.05, 0) is 39.9 Å². The molecule has 1 atom stereocenters. The lowest BCUT2D eigenvalue weighted by atomic mass is 9.89. The van der Waals surface area contributed by atoms with Gasteiger partial charge in [0, 0.05) is 5.92 Å². The molecule has 0 unspecified atom stereocenters. The van der Waals surface area contributed by atoms with Gasteiger partial charge in [-0.3, -0.25) is 0 Å². The molecule has 0 fully saturated rings. The maximum atomic E-state index is 13.7. The van der Waals surface area contributed by atoms with Crippen molar-refractivity contribution >= 4 is 0 Å². The van der Waals surface area contributed by atoms with E-state index in [1.165, 1.54) is 16.7 Å². The van der Waals surface area contributed by atoms with Crippen LogP contribution in [0, 0.1) is 5.82 Å². The van der Waals surface area contributed by atoms with E-state index in [2.05, 4.69) is 30.3 Å². The van der Waals surface area contributed by atoms with Crippen LogP contribution in [0.2, 0.25) is 0 Å². The van der Waals surface area contributed by atoms with Crippen LogP contribution in [0.1, 0.15) is 22.6 Å². The molecule has 20 heavy (non-hydrogen) atoms. The highest BCUT2D eigenvalue weighted by atomic mass is 19.1. The average Bonchev–Trinajstić information content (AvgIpc) is 2.81. The number of hydrogen-bond acceptors (Lipinski definition) is 0. The highest BCUT2D eigenvalue weighted by Gasteiger charge is 2.29.